The van der Waals surface area contributed by atoms with E-state index in [1.165, 1.54) is 12.1 Å². The minimum Gasteiger partial charge on any atom is -0.358 e. The van der Waals surface area contributed by atoms with Gasteiger partial charge in [-0.1, -0.05) is 53.5 Å². The van der Waals surface area contributed by atoms with Crippen LogP contribution in [0.2, 0.25) is 10.2 Å². The van der Waals surface area contributed by atoms with Crippen LogP contribution in [-0.2, 0) is 11.2 Å². The molecule has 156 valence electrons. The summed E-state index contributed by atoms with van der Waals surface area (Å²) in [6.45, 7) is 0. The maximum absolute atomic E-state index is 13.4. The average molecular weight is 446 g/mol. The summed E-state index contributed by atoms with van der Waals surface area (Å²) in [7, 11) is 1.57. The van der Waals surface area contributed by atoms with Crippen LogP contribution in [0, 0.1) is 5.82 Å². The first kappa shape index (κ1) is 22.2. The van der Waals surface area contributed by atoms with Crippen molar-refractivity contribution < 1.29 is 9.18 Å². The van der Waals surface area contributed by atoms with Crippen LogP contribution < -0.4 is 10.6 Å². The molecule has 0 saturated heterocycles. The smallest absolute Gasteiger partial charge is 0.241 e. The van der Waals surface area contributed by atoms with Crippen LogP contribution in [0.25, 0.3) is 0 Å². The Bertz CT molecular complexity index is 980. The number of amides is 1. The summed E-state index contributed by atoms with van der Waals surface area (Å²) in [5, 5.41) is 7.11. The molecule has 0 saturated carbocycles. The molecule has 0 fully saturated rings. The topological polar surface area (TPSA) is 54.0 Å². The summed E-state index contributed by atoms with van der Waals surface area (Å²) < 4.78 is 13.4. The molecule has 0 spiro atoms. The van der Waals surface area contributed by atoms with Gasteiger partial charge in [-0.3, -0.25) is 10.1 Å². The number of hydrogen-bond acceptors (Lipinski definition) is 3. The zero-order chi connectivity index (χ0) is 21.5. The number of likely N-dealkylation sites (N-methyl/N-ethyl adjacent to an activating group) is 1. The van der Waals surface area contributed by atoms with E-state index in [2.05, 4.69) is 15.6 Å². The van der Waals surface area contributed by atoms with Gasteiger partial charge in [-0.05, 0) is 60.4 Å². The molecular weight excluding hydrogens is 424 g/mol. The van der Waals surface area contributed by atoms with Crippen LogP contribution in [0.4, 0.5) is 4.39 Å². The monoisotopic (exact) mass is 445 g/mol. The van der Waals surface area contributed by atoms with Crippen molar-refractivity contribution in [1.82, 2.24) is 15.6 Å². The molecule has 0 aliphatic heterocycles. The van der Waals surface area contributed by atoms with Gasteiger partial charge in [-0.25, -0.2) is 9.37 Å². The van der Waals surface area contributed by atoms with Gasteiger partial charge in [0.05, 0.1) is 11.7 Å². The molecule has 0 bridgehead atoms. The van der Waals surface area contributed by atoms with Crippen LogP contribution >= 0.6 is 23.2 Å². The third-order valence-corrected chi connectivity index (χ3v) is 5.27. The summed E-state index contributed by atoms with van der Waals surface area (Å²) in [5.74, 6) is -0.578. The largest absolute Gasteiger partial charge is 0.358 e. The van der Waals surface area contributed by atoms with Gasteiger partial charge in [0.2, 0.25) is 5.91 Å². The Morgan fingerprint density at radius 2 is 1.73 bits per heavy atom. The van der Waals surface area contributed by atoms with Gasteiger partial charge in [0.15, 0.2) is 0 Å². The molecule has 30 heavy (non-hydrogen) atoms. The molecule has 4 nitrogen and oxygen atoms in total. The lowest BCUT2D eigenvalue weighted by Gasteiger charge is -2.25. The van der Waals surface area contributed by atoms with Crippen molar-refractivity contribution in [3.8, 4) is 0 Å². The minimum atomic E-state index is -0.674. The molecule has 0 unspecified atom stereocenters. The van der Waals surface area contributed by atoms with Crippen molar-refractivity contribution in [2.24, 2.45) is 0 Å². The Labute approximate surface area is 185 Å². The second-order valence-corrected chi connectivity index (χ2v) is 7.69. The van der Waals surface area contributed by atoms with Gasteiger partial charge in [0.25, 0.3) is 0 Å². The highest BCUT2D eigenvalue weighted by Gasteiger charge is 2.25. The third-order valence-electron chi connectivity index (χ3n) is 4.81. The minimum absolute atomic E-state index is 0.222. The fraction of sp³-hybridized carbons (Fsp3) is 0.217. The van der Waals surface area contributed by atoms with Crippen molar-refractivity contribution >= 4 is 29.1 Å². The summed E-state index contributed by atoms with van der Waals surface area (Å²) in [5.41, 5.74) is 2.51. The molecule has 2 aromatic carbocycles. The van der Waals surface area contributed by atoms with Crippen molar-refractivity contribution in [3.05, 3.63) is 99.5 Å². The number of nitrogens with one attached hydrogen (secondary N) is 2. The van der Waals surface area contributed by atoms with Gasteiger partial charge < -0.3 is 5.32 Å². The van der Waals surface area contributed by atoms with Crippen LogP contribution in [0.15, 0.2) is 66.7 Å². The fourth-order valence-corrected chi connectivity index (χ4v) is 3.52. The van der Waals surface area contributed by atoms with E-state index in [9.17, 15) is 9.18 Å². The van der Waals surface area contributed by atoms with E-state index >= 15 is 0 Å². The zero-order valence-corrected chi connectivity index (χ0v) is 17.9. The van der Waals surface area contributed by atoms with E-state index < -0.39 is 6.04 Å². The molecule has 2 N–H and O–H groups in total. The number of halogens is 3. The highest BCUT2D eigenvalue weighted by atomic mass is 35.5. The maximum Gasteiger partial charge on any atom is 0.241 e. The number of benzene rings is 2. The summed E-state index contributed by atoms with van der Waals surface area (Å²) in [6, 6.07) is 18.0. The van der Waals surface area contributed by atoms with E-state index in [0.717, 1.165) is 17.7 Å². The Kier molecular flexibility index (Phi) is 7.80. The number of carbonyl (C=O) groups excluding carboxylic acids is 1. The predicted octanol–water partition coefficient (Wildman–Crippen LogP) is 5.28. The molecular formula is C23H22Cl2FN3O. The highest BCUT2D eigenvalue weighted by molar-refractivity contribution is 6.30. The van der Waals surface area contributed by atoms with Crippen LogP contribution in [0.5, 0.6) is 0 Å². The van der Waals surface area contributed by atoms with Crippen molar-refractivity contribution in [2.75, 3.05) is 7.05 Å². The number of rotatable bonds is 8. The molecule has 1 amide bonds. The number of aromatic nitrogens is 1. The van der Waals surface area contributed by atoms with E-state index in [4.69, 9.17) is 23.2 Å². The second kappa shape index (κ2) is 10.5. The van der Waals surface area contributed by atoms with E-state index in [-0.39, 0.29) is 17.8 Å². The summed E-state index contributed by atoms with van der Waals surface area (Å²) in [6.07, 6.45) is 1.41. The SMILES string of the molecule is CNC(=O)[C@@H](N[C@H](CCc1ccc(Cl)cc1)c1cccc(Cl)n1)c1ccc(F)cc1. The third kappa shape index (κ3) is 6.02. The number of nitrogens with zero attached hydrogens (tertiary/aromatic N) is 1. The first-order valence-electron chi connectivity index (χ1n) is 9.56. The second-order valence-electron chi connectivity index (χ2n) is 6.87. The van der Waals surface area contributed by atoms with E-state index in [1.807, 2.05) is 36.4 Å². The number of carbonyl (C=O) groups is 1. The fourth-order valence-electron chi connectivity index (χ4n) is 3.22. The van der Waals surface area contributed by atoms with Crippen LogP contribution in [0.1, 0.15) is 35.3 Å². The Morgan fingerprint density at radius 3 is 2.37 bits per heavy atom. The lowest BCUT2D eigenvalue weighted by atomic mass is 9.99. The number of aryl methyl sites for hydroxylation is 1. The van der Waals surface area contributed by atoms with Crippen molar-refractivity contribution in [1.29, 1.82) is 0 Å². The number of hydrogen-bond donors (Lipinski definition) is 2. The molecule has 2 atom stereocenters. The zero-order valence-electron chi connectivity index (χ0n) is 16.4. The van der Waals surface area contributed by atoms with Crippen molar-refractivity contribution in [2.45, 2.75) is 24.9 Å². The first-order valence-corrected chi connectivity index (χ1v) is 10.3. The molecule has 0 aliphatic carbocycles. The number of pyridine rings is 1. The lowest BCUT2D eigenvalue weighted by molar-refractivity contribution is -0.123. The van der Waals surface area contributed by atoms with Gasteiger partial charge in [0, 0.05) is 12.1 Å². The van der Waals surface area contributed by atoms with Gasteiger partial charge in [0.1, 0.15) is 17.0 Å². The Hall–Kier alpha value is -2.47. The normalized spacial score (nSPS) is 12.9. The highest BCUT2D eigenvalue weighted by Crippen LogP contribution is 2.25. The first-order chi connectivity index (χ1) is 14.5. The molecule has 0 radical (unpaired) electrons. The van der Waals surface area contributed by atoms with E-state index in [1.54, 1.807) is 25.2 Å². The van der Waals surface area contributed by atoms with E-state index in [0.29, 0.717) is 22.2 Å². The van der Waals surface area contributed by atoms with Gasteiger partial charge >= 0.3 is 0 Å². The Balaban J connectivity index is 1.87. The maximum atomic E-state index is 13.4. The molecule has 3 rings (SSSR count). The molecule has 3 aromatic rings. The lowest BCUT2D eigenvalue weighted by Crippen LogP contribution is -2.38. The van der Waals surface area contributed by atoms with Gasteiger partial charge in [-0.15, -0.1) is 0 Å². The predicted molar refractivity (Wildman–Crippen MR) is 118 cm³/mol. The summed E-state index contributed by atoms with van der Waals surface area (Å²) in [4.78, 5) is 17.1. The molecule has 1 heterocycles. The quantitative estimate of drug-likeness (QED) is 0.463. The van der Waals surface area contributed by atoms with Gasteiger partial charge in [-0.2, -0.15) is 0 Å². The Morgan fingerprint density at radius 1 is 1.03 bits per heavy atom. The molecule has 7 heteroatoms. The molecule has 1 aromatic heterocycles. The van der Waals surface area contributed by atoms with Crippen molar-refractivity contribution in [3.63, 3.8) is 0 Å². The van der Waals surface area contributed by atoms with Crippen LogP contribution in [0.3, 0.4) is 0 Å². The standard InChI is InChI=1S/C23H22Cl2FN3O/c1-27-23(30)22(16-8-12-18(26)13-9-16)29-20(19-3-2-4-21(25)28-19)14-7-15-5-10-17(24)11-6-15/h2-6,8-13,20,22,29H,7,14H2,1H3,(H,27,30)/t20-,22+/m1/s1. The van der Waals surface area contributed by atoms with Crippen LogP contribution in [-0.4, -0.2) is 17.9 Å². The average Bonchev–Trinajstić information content (AvgIpc) is 2.75. The molecule has 0 aliphatic rings. The summed E-state index contributed by atoms with van der Waals surface area (Å²) >= 11 is 12.1.